The van der Waals surface area contributed by atoms with Gasteiger partial charge in [0.15, 0.2) is 0 Å². The molecule has 5 heteroatoms. The van der Waals surface area contributed by atoms with Crippen LogP contribution in [0.4, 0.5) is 4.39 Å². The van der Waals surface area contributed by atoms with E-state index in [0.29, 0.717) is 18.4 Å². The predicted octanol–water partition coefficient (Wildman–Crippen LogP) is 3.90. The fraction of sp³-hybridized carbons (Fsp3) is 0.114. The van der Waals surface area contributed by atoms with Crippen LogP contribution >= 0.6 is 7.26 Å². The van der Waals surface area contributed by atoms with E-state index in [4.69, 9.17) is 4.74 Å². The second-order valence-corrected chi connectivity index (χ2v) is 13.1. The molecule has 0 fully saturated rings. The smallest absolute Gasteiger partial charge is 0.338 e. The Labute approximate surface area is 247 Å². The van der Waals surface area contributed by atoms with E-state index in [-0.39, 0.29) is 28.8 Å². The molecule has 5 aromatic carbocycles. The number of carbonyl (C=O) groups excluding carboxylic acids is 1. The van der Waals surface area contributed by atoms with Crippen LogP contribution in [0.5, 0.6) is 0 Å². The first-order valence-electron chi connectivity index (χ1n) is 13.1. The first kappa shape index (κ1) is 29.4. The summed E-state index contributed by atoms with van der Waals surface area (Å²) >= 11 is 0. The van der Waals surface area contributed by atoms with Crippen molar-refractivity contribution in [3.8, 4) is 0 Å². The van der Waals surface area contributed by atoms with Gasteiger partial charge in [0.1, 0.15) is 29.0 Å². The Morgan fingerprint density at radius 1 is 0.650 bits per heavy atom. The molecule has 40 heavy (non-hydrogen) atoms. The number of halogens is 2. The summed E-state index contributed by atoms with van der Waals surface area (Å²) in [6, 6.07) is 44.9. The number of methoxy groups -OCH3 is 1. The maximum Gasteiger partial charge on any atom is 0.338 e. The van der Waals surface area contributed by atoms with Gasteiger partial charge in [-0.1, -0.05) is 78.9 Å². The highest BCUT2D eigenvalue weighted by Gasteiger charge is 2.45. The first-order valence-corrected chi connectivity index (χ1v) is 15.1. The van der Waals surface area contributed by atoms with Crippen LogP contribution in [0.2, 0.25) is 0 Å². The van der Waals surface area contributed by atoms with Crippen LogP contribution in [0.15, 0.2) is 133 Å². The van der Waals surface area contributed by atoms with Gasteiger partial charge in [-0.25, -0.2) is 9.18 Å². The molecule has 5 aromatic rings. The van der Waals surface area contributed by atoms with Gasteiger partial charge in [-0.2, -0.15) is 0 Å². The Balaban J connectivity index is 0.00000370. The van der Waals surface area contributed by atoms with Crippen molar-refractivity contribution in [3.05, 3.63) is 162 Å². The predicted molar refractivity (Wildman–Crippen MR) is 160 cm³/mol. The lowest BCUT2D eigenvalue weighted by Gasteiger charge is -2.28. The lowest BCUT2D eigenvalue weighted by molar-refractivity contribution is -0.0000229. The normalized spacial score (nSPS) is 10.9. The number of aryl methyl sites for hydroxylation is 2. The SMILES string of the molecule is COC(=O)c1cc(C[P+](c2ccccc2)(c2ccccc2)c2ccccc2)ccc1CCc1ccc(F)cc1.[Br-]. The van der Waals surface area contributed by atoms with Crippen molar-refractivity contribution in [2.45, 2.75) is 19.0 Å². The minimum absolute atomic E-state index is 0. The second-order valence-electron chi connectivity index (χ2n) is 9.58. The van der Waals surface area contributed by atoms with Crippen LogP contribution in [0.1, 0.15) is 27.0 Å². The fourth-order valence-electron chi connectivity index (χ4n) is 5.21. The van der Waals surface area contributed by atoms with Gasteiger partial charge in [-0.15, -0.1) is 0 Å². The quantitative estimate of drug-likeness (QED) is 0.186. The summed E-state index contributed by atoms with van der Waals surface area (Å²) < 4.78 is 18.6. The monoisotopic (exact) mass is 612 g/mol. The summed E-state index contributed by atoms with van der Waals surface area (Å²) in [4.78, 5) is 13.0. The van der Waals surface area contributed by atoms with E-state index < -0.39 is 7.26 Å². The van der Waals surface area contributed by atoms with Crippen molar-refractivity contribution in [3.63, 3.8) is 0 Å². The Bertz CT molecular complexity index is 1430. The lowest BCUT2D eigenvalue weighted by atomic mass is 9.98. The summed E-state index contributed by atoms with van der Waals surface area (Å²) in [5, 5.41) is 3.88. The zero-order valence-corrected chi connectivity index (χ0v) is 24.8. The molecular weight excluding hydrogens is 582 g/mol. The molecule has 0 aliphatic heterocycles. The van der Waals surface area contributed by atoms with E-state index >= 15 is 0 Å². The molecule has 0 N–H and O–H groups in total. The number of rotatable bonds is 9. The van der Waals surface area contributed by atoms with Crippen LogP contribution in [0, 0.1) is 5.82 Å². The summed E-state index contributed by atoms with van der Waals surface area (Å²) in [5.41, 5.74) is 3.63. The minimum atomic E-state index is -2.10. The van der Waals surface area contributed by atoms with Gasteiger partial charge >= 0.3 is 5.97 Å². The fourth-order valence-corrected chi connectivity index (χ4v) is 9.44. The van der Waals surface area contributed by atoms with Gasteiger partial charge in [0, 0.05) is 0 Å². The highest BCUT2D eigenvalue weighted by atomic mass is 79.9. The second kappa shape index (κ2) is 13.7. The van der Waals surface area contributed by atoms with Crippen LogP contribution in [-0.2, 0) is 23.7 Å². The number of benzene rings is 5. The molecule has 0 heterocycles. The van der Waals surface area contributed by atoms with Gasteiger partial charge in [-0.05, 0) is 84.1 Å². The van der Waals surface area contributed by atoms with Crippen molar-refractivity contribution < 1.29 is 30.9 Å². The number of hydrogen-bond acceptors (Lipinski definition) is 2. The van der Waals surface area contributed by atoms with Gasteiger partial charge in [0.2, 0.25) is 0 Å². The van der Waals surface area contributed by atoms with E-state index in [1.54, 1.807) is 12.1 Å². The lowest BCUT2D eigenvalue weighted by Crippen LogP contribution is -3.00. The Hall–Kier alpha value is -3.59. The molecule has 0 radical (unpaired) electrons. The van der Waals surface area contributed by atoms with Crippen LogP contribution in [0.25, 0.3) is 0 Å². The summed E-state index contributed by atoms with van der Waals surface area (Å²) in [7, 11) is -0.680. The van der Waals surface area contributed by atoms with Gasteiger partial charge in [-0.3, -0.25) is 0 Å². The minimum Gasteiger partial charge on any atom is -1.00 e. The van der Waals surface area contributed by atoms with Crippen LogP contribution < -0.4 is 32.9 Å². The Kier molecular flexibility index (Phi) is 10.0. The van der Waals surface area contributed by atoms with Crippen molar-refractivity contribution in [2.75, 3.05) is 7.11 Å². The number of esters is 1. The average molecular weight is 614 g/mol. The van der Waals surface area contributed by atoms with Gasteiger partial charge in [0.25, 0.3) is 0 Å². The molecular formula is C35H31BrFO2P. The molecule has 0 unspecified atom stereocenters. The molecule has 0 spiro atoms. The van der Waals surface area contributed by atoms with E-state index in [0.717, 1.165) is 22.9 Å². The first-order chi connectivity index (χ1) is 19.1. The molecule has 0 aliphatic carbocycles. The van der Waals surface area contributed by atoms with Crippen LogP contribution in [-0.4, -0.2) is 13.1 Å². The molecule has 0 saturated carbocycles. The molecule has 0 atom stereocenters. The number of carbonyl (C=O) groups is 1. The molecule has 0 amide bonds. The molecule has 0 bridgehead atoms. The molecule has 5 rings (SSSR count). The third kappa shape index (κ3) is 6.41. The average Bonchev–Trinajstić information content (AvgIpc) is 3.01. The van der Waals surface area contributed by atoms with E-state index in [1.807, 2.05) is 6.07 Å². The largest absolute Gasteiger partial charge is 1.00 e. The Morgan fingerprint density at radius 3 is 1.60 bits per heavy atom. The standard InChI is InChI=1S/C35H31FO2P.BrH/c1-38-35(37)34-25-28(18-22-29(34)21-17-27-19-23-30(36)24-20-27)26-39(31-11-5-2-6-12-31,32-13-7-3-8-14-32)33-15-9-4-10-16-33;/h2-16,18-20,22-25H,17,21,26H2,1H3;1H/q+1;/p-1. The van der Waals surface area contributed by atoms with Crippen molar-refractivity contribution in [1.82, 2.24) is 0 Å². The molecule has 0 aliphatic rings. The molecule has 2 nitrogen and oxygen atoms in total. The number of hydrogen-bond donors (Lipinski definition) is 0. The van der Waals surface area contributed by atoms with E-state index in [1.165, 1.54) is 35.2 Å². The maximum atomic E-state index is 13.4. The summed E-state index contributed by atoms with van der Waals surface area (Å²) in [5.74, 6) is -0.588. The van der Waals surface area contributed by atoms with Crippen molar-refractivity contribution >= 4 is 29.1 Å². The van der Waals surface area contributed by atoms with E-state index in [9.17, 15) is 9.18 Å². The van der Waals surface area contributed by atoms with Crippen molar-refractivity contribution in [1.29, 1.82) is 0 Å². The topological polar surface area (TPSA) is 26.3 Å². The molecule has 202 valence electrons. The third-order valence-electron chi connectivity index (χ3n) is 7.19. The maximum absolute atomic E-state index is 13.4. The number of ether oxygens (including phenoxy) is 1. The third-order valence-corrected chi connectivity index (χ3v) is 11.6. The highest BCUT2D eigenvalue weighted by molar-refractivity contribution is 7.95. The Morgan fingerprint density at radius 2 is 1.12 bits per heavy atom. The highest BCUT2D eigenvalue weighted by Crippen LogP contribution is 2.58. The zero-order chi connectivity index (χ0) is 27.1. The van der Waals surface area contributed by atoms with E-state index in [2.05, 4.69) is 103 Å². The molecule has 0 aromatic heterocycles. The van der Waals surface area contributed by atoms with Gasteiger partial charge < -0.3 is 21.7 Å². The van der Waals surface area contributed by atoms with Gasteiger partial charge in [0.05, 0.1) is 18.8 Å². The summed E-state index contributed by atoms with van der Waals surface area (Å²) in [6.45, 7) is 0. The molecule has 0 saturated heterocycles. The van der Waals surface area contributed by atoms with Crippen molar-refractivity contribution in [2.24, 2.45) is 0 Å². The summed E-state index contributed by atoms with van der Waals surface area (Å²) in [6.07, 6.45) is 2.14. The van der Waals surface area contributed by atoms with Crippen LogP contribution in [0.3, 0.4) is 0 Å². The zero-order valence-electron chi connectivity index (χ0n) is 22.3.